The molecule has 3 atom stereocenters. The van der Waals surface area contributed by atoms with Crippen molar-refractivity contribution < 1.29 is 18.7 Å². The van der Waals surface area contributed by atoms with Gasteiger partial charge < -0.3 is 10.0 Å². The second-order valence-corrected chi connectivity index (χ2v) is 9.40. The van der Waals surface area contributed by atoms with Gasteiger partial charge in [0.05, 0.1) is 12.0 Å². The Morgan fingerprint density at radius 2 is 1.94 bits per heavy atom. The number of aromatic nitrogens is 3. The first-order valence-electron chi connectivity index (χ1n) is 11.4. The number of rotatable bonds is 3. The molecule has 3 aromatic rings. The van der Waals surface area contributed by atoms with E-state index in [1.54, 1.807) is 11.1 Å². The molecule has 1 saturated heterocycles. The van der Waals surface area contributed by atoms with E-state index in [0.29, 0.717) is 24.3 Å². The van der Waals surface area contributed by atoms with Crippen molar-refractivity contribution in [3.63, 3.8) is 0 Å². The molecule has 1 saturated carbocycles. The summed E-state index contributed by atoms with van der Waals surface area (Å²) in [5, 5.41) is 10.9. The molecule has 3 aliphatic rings. The molecule has 1 N–H and O–H groups in total. The van der Waals surface area contributed by atoms with Gasteiger partial charge in [-0.15, -0.1) is 0 Å². The van der Waals surface area contributed by atoms with E-state index in [4.69, 9.17) is 0 Å². The Morgan fingerprint density at radius 1 is 1.15 bits per heavy atom. The van der Waals surface area contributed by atoms with Crippen molar-refractivity contribution in [2.24, 2.45) is 0 Å². The summed E-state index contributed by atoms with van der Waals surface area (Å²) in [6.45, 7) is 2.47. The van der Waals surface area contributed by atoms with Crippen LogP contribution in [0.3, 0.4) is 0 Å². The molecule has 1 amide bonds. The van der Waals surface area contributed by atoms with Gasteiger partial charge >= 0.3 is 0 Å². The van der Waals surface area contributed by atoms with Gasteiger partial charge in [-0.3, -0.25) is 14.1 Å². The van der Waals surface area contributed by atoms with E-state index in [1.807, 2.05) is 6.07 Å². The molecule has 2 aromatic heterocycles. The summed E-state index contributed by atoms with van der Waals surface area (Å²) in [6, 6.07) is 8.41. The van der Waals surface area contributed by atoms with Crippen molar-refractivity contribution >= 4 is 11.7 Å². The number of nitrogens with zero attached hydrogens (tertiary/aromatic N) is 5. The highest BCUT2D eigenvalue weighted by atomic mass is 19.3. The molecule has 0 radical (unpaired) electrons. The molecule has 172 valence electrons. The monoisotopic (exact) mass is 453 g/mol. The molecule has 1 aromatic carbocycles. The van der Waals surface area contributed by atoms with Crippen molar-refractivity contribution in [1.29, 1.82) is 0 Å². The number of aliphatic hydroxyl groups excluding tert-OH is 1. The SMILES string of the molecule is O=C(c1cn2cc(C3CC3(F)F)cnc2n1)N1CC[C@@H](N2CCc3ccccc3C2)[C@H](O)C1. The number of carbonyl (C=O) groups is 1. The number of benzene rings is 1. The summed E-state index contributed by atoms with van der Waals surface area (Å²) in [5.41, 5.74) is 3.32. The van der Waals surface area contributed by atoms with E-state index in [-0.39, 0.29) is 30.6 Å². The van der Waals surface area contributed by atoms with E-state index in [1.165, 1.54) is 27.9 Å². The van der Waals surface area contributed by atoms with Crippen LogP contribution in [0, 0.1) is 0 Å². The van der Waals surface area contributed by atoms with Crippen LogP contribution in [0.25, 0.3) is 5.78 Å². The summed E-state index contributed by atoms with van der Waals surface area (Å²) < 4.78 is 28.3. The minimum Gasteiger partial charge on any atom is -0.390 e. The second kappa shape index (κ2) is 7.56. The highest BCUT2D eigenvalue weighted by Crippen LogP contribution is 2.55. The molecular formula is C24H25F2N5O2. The van der Waals surface area contributed by atoms with Gasteiger partial charge in [0.25, 0.3) is 11.8 Å². The molecule has 1 aliphatic carbocycles. The summed E-state index contributed by atoms with van der Waals surface area (Å²) in [6.07, 6.45) is 5.35. The van der Waals surface area contributed by atoms with Gasteiger partial charge in [0.15, 0.2) is 0 Å². The summed E-state index contributed by atoms with van der Waals surface area (Å²) in [5.74, 6) is -3.47. The van der Waals surface area contributed by atoms with Crippen LogP contribution in [0.1, 0.15) is 45.9 Å². The number of piperidine rings is 1. The Hall–Kier alpha value is -2.91. The zero-order valence-electron chi connectivity index (χ0n) is 18.1. The van der Waals surface area contributed by atoms with Crippen molar-refractivity contribution in [3.05, 3.63) is 65.2 Å². The molecule has 7 nitrogen and oxygen atoms in total. The van der Waals surface area contributed by atoms with Crippen LogP contribution in [-0.4, -0.2) is 72.9 Å². The van der Waals surface area contributed by atoms with E-state index in [2.05, 4.69) is 33.1 Å². The Bertz CT molecular complexity index is 1230. The number of β-amino-alcohol motifs (C(OH)–C–C–N with tert-alkyl or cyclic N) is 1. The minimum absolute atomic E-state index is 0.00732. The van der Waals surface area contributed by atoms with Gasteiger partial charge in [-0.25, -0.2) is 18.7 Å². The highest BCUT2D eigenvalue weighted by Gasteiger charge is 2.57. The third kappa shape index (κ3) is 3.69. The van der Waals surface area contributed by atoms with Gasteiger partial charge in [-0.2, -0.15) is 0 Å². The van der Waals surface area contributed by atoms with Crippen LogP contribution in [0.4, 0.5) is 8.78 Å². The first-order valence-corrected chi connectivity index (χ1v) is 11.4. The number of fused-ring (bicyclic) bond motifs is 2. The lowest BCUT2D eigenvalue weighted by molar-refractivity contribution is -0.0139. The Balaban J connectivity index is 1.14. The Labute approximate surface area is 189 Å². The normalized spacial score (nSPS) is 26.9. The maximum absolute atomic E-state index is 13.4. The van der Waals surface area contributed by atoms with Crippen molar-refractivity contribution in [1.82, 2.24) is 24.2 Å². The fraction of sp³-hybridized carbons (Fsp3) is 0.458. The van der Waals surface area contributed by atoms with Crippen LogP contribution in [0.5, 0.6) is 0 Å². The smallest absolute Gasteiger partial charge is 0.274 e. The van der Waals surface area contributed by atoms with Crippen molar-refractivity contribution in [2.75, 3.05) is 19.6 Å². The van der Waals surface area contributed by atoms with Crippen LogP contribution in [0.15, 0.2) is 42.9 Å². The highest BCUT2D eigenvalue weighted by molar-refractivity contribution is 5.92. The topological polar surface area (TPSA) is 74.0 Å². The van der Waals surface area contributed by atoms with E-state index in [0.717, 1.165) is 19.5 Å². The van der Waals surface area contributed by atoms with E-state index < -0.39 is 17.9 Å². The van der Waals surface area contributed by atoms with Crippen molar-refractivity contribution in [2.45, 2.75) is 49.8 Å². The van der Waals surface area contributed by atoms with Gasteiger partial charge in [0.2, 0.25) is 5.78 Å². The zero-order valence-corrected chi connectivity index (χ0v) is 18.1. The number of carbonyl (C=O) groups excluding carboxylic acids is 1. The quantitative estimate of drug-likeness (QED) is 0.660. The number of hydrogen-bond acceptors (Lipinski definition) is 5. The maximum atomic E-state index is 13.4. The lowest BCUT2D eigenvalue weighted by Crippen LogP contribution is -2.56. The standard InChI is InChI=1S/C24H25F2N5O2/c25-24(26)9-18(24)17-10-27-23-28-19(13-31(23)12-17)22(33)30-8-6-20(21(32)14-30)29-7-5-15-3-1-2-4-16(15)11-29/h1-4,10,12-13,18,20-21,32H,5-9,11,14H2/t18?,20-,21-/m1/s1. The fourth-order valence-electron chi connectivity index (χ4n) is 5.25. The lowest BCUT2D eigenvalue weighted by Gasteiger charge is -2.43. The number of hydrogen-bond donors (Lipinski definition) is 1. The number of likely N-dealkylation sites (tertiary alicyclic amines) is 1. The number of alkyl halides is 2. The predicted molar refractivity (Wildman–Crippen MR) is 116 cm³/mol. The van der Waals surface area contributed by atoms with Crippen LogP contribution >= 0.6 is 0 Å². The molecule has 33 heavy (non-hydrogen) atoms. The molecule has 6 rings (SSSR count). The third-order valence-electron chi connectivity index (χ3n) is 7.24. The zero-order chi connectivity index (χ0) is 22.7. The first-order chi connectivity index (χ1) is 15.9. The minimum atomic E-state index is -2.68. The van der Waals surface area contributed by atoms with Crippen LogP contribution in [0.2, 0.25) is 0 Å². The molecule has 1 unspecified atom stereocenters. The summed E-state index contributed by atoms with van der Waals surface area (Å²) >= 11 is 0. The number of amides is 1. The fourth-order valence-corrected chi connectivity index (χ4v) is 5.25. The average Bonchev–Trinajstić information content (AvgIpc) is 3.26. The van der Waals surface area contributed by atoms with Crippen LogP contribution in [-0.2, 0) is 13.0 Å². The molecule has 2 fully saturated rings. The van der Waals surface area contributed by atoms with Crippen molar-refractivity contribution in [3.8, 4) is 0 Å². The predicted octanol–water partition coefficient (Wildman–Crippen LogP) is 2.49. The first kappa shape index (κ1) is 20.7. The molecule has 2 aliphatic heterocycles. The number of aliphatic hydroxyl groups is 1. The Morgan fingerprint density at radius 3 is 2.70 bits per heavy atom. The number of imidazole rings is 1. The molecule has 9 heteroatoms. The average molecular weight is 453 g/mol. The number of halogens is 2. The third-order valence-corrected chi connectivity index (χ3v) is 7.24. The maximum Gasteiger partial charge on any atom is 0.274 e. The lowest BCUT2D eigenvalue weighted by atomic mass is 9.94. The second-order valence-electron chi connectivity index (χ2n) is 9.40. The molecule has 4 heterocycles. The van der Waals surface area contributed by atoms with Gasteiger partial charge in [0, 0.05) is 57.2 Å². The molecule has 0 spiro atoms. The van der Waals surface area contributed by atoms with Crippen LogP contribution < -0.4 is 0 Å². The van der Waals surface area contributed by atoms with Gasteiger partial charge in [-0.05, 0) is 29.5 Å². The summed E-state index contributed by atoms with van der Waals surface area (Å²) in [4.78, 5) is 25.5. The molecular weight excluding hydrogens is 428 g/mol. The Kier molecular flexibility index (Phi) is 4.74. The summed E-state index contributed by atoms with van der Waals surface area (Å²) in [7, 11) is 0. The largest absolute Gasteiger partial charge is 0.390 e. The van der Waals surface area contributed by atoms with E-state index >= 15 is 0 Å². The molecule has 0 bridgehead atoms. The van der Waals surface area contributed by atoms with Gasteiger partial charge in [0.1, 0.15) is 5.69 Å². The van der Waals surface area contributed by atoms with E-state index in [9.17, 15) is 18.7 Å². The van der Waals surface area contributed by atoms with Gasteiger partial charge in [-0.1, -0.05) is 24.3 Å².